The van der Waals surface area contributed by atoms with Gasteiger partial charge in [-0.15, -0.1) is 0 Å². The van der Waals surface area contributed by atoms with Crippen LogP contribution in [0.2, 0.25) is 0 Å². The molecule has 1 aliphatic carbocycles. The van der Waals surface area contributed by atoms with Crippen molar-refractivity contribution in [3.8, 4) is 0 Å². The zero-order valence-electron chi connectivity index (χ0n) is 9.58. The predicted molar refractivity (Wildman–Crippen MR) is 63.7 cm³/mol. The molecule has 0 aromatic heterocycles. The van der Waals surface area contributed by atoms with E-state index in [4.69, 9.17) is 5.73 Å². The van der Waals surface area contributed by atoms with E-state index < -0.39 is 0 Å². The number of Topliss-reactive ketones (excluding diaryl/α,β-unsaturated/α-hetero) is 1. The minimum atomic E-state index is -0.262. The van der Waals surface area contributed by atoms with Crippen molar-refractivity contribution in [2.45, 2.75) is 63.8 Å². The summed E-state index contributed by atoms with van der Waals surface area (Å²) >= 11 is 0. The Morgan fingerprint density at radius 1 is 1.00 bits per heavy atom. The maximum absolute atomic E-state index is 11.6. The van der Waals surface area contributed by atoms with Gasteiger partial charge in [-0.25, -0.2) is 0 Å². The molecule has 0 bridgehead atoms. The molecule has 0 radical (unpaired) electrons. The molecular weight excluding hydrogens is 186 g/mol. The van der Waals surface area contributed by atoms with Crippen LogP contribution in [-0.4, -0.2) is 11.8 Å². The molecule has 0 heterocycles. The maximum atomic E-state index is 11.6. The molecule has 0 aliphatic heterocycles. The summed E-state index contributed by atoms with van der Waals surface area (Å²) < 4.78 is 0. The molecule has 0 aromatic carbocycles. The molecule has 0 saturated heterocycles. The second kappa shape index (κ2) is 7.63. The van der Waals surface area contributed by atoms with Crippen LogP contribution in [0.25, 0.3) is 0 Å². The summed E-state index contributed by atoms with van der Waals surface area (Å²) in [5.41, 5.74) is 5.80. The number of hydrogen-bond acceptors (Lipinski definition) is 2. The van der Waals surface area contributed by atoms with E-state index in [1.54, 1.807) is 0 Å². The average molecular weight is 209 g/mol. The van der Waals surface area contributed by atoms with Gasteiger partial charge in [0.1, 0.15) is 5.78 Å². The molecule has 1 aliphatic rings. The van der Waals surface area contributed by atoms with Crippen LogP contribution in [0.3, 0.4) is 0 Å². The number of nitrogens with two attached hydrogens (primary N) is 1. The summed E-state index contributed by atoms with van der Waals surface area (Å²) in [5.74, 6) is 0.235. The Kier molecular flexibility index (Phi) is 6.33. The van der Waals surface area contributed by atoms with E-state index in [2.05, 4.69) is 12.2 Å². The highest BCUT2D eigenvalue weighted by atomic mass is 16.1. The largest absolute Gasteiger partial charge is 0.321 e. The van der Waals surface area contributed by atoms with Gasteiger partial charge in [-0.3, -0.25) is 4.79 Å². The van der Waals surface area contributed by atoms with Crippen LogP contribution in [0, 0.1) is 0 Å². The molecule has 2 heteroatoms. The Morgan fingerprint density at radius 2 is 1.67 bits per heavy atom. The molecule has 1 rings (SSSR count). The van der Waals surface area contributed by atoms with E-state index in [0.29, 0.717) is 6.42 Å². The molecular formula is C13H23NO. The molecule has 2 nitrogen and oxygen atoms in total. The lowest BCUT2D eigenvalue weighted by Crippen LogP contribution is -2.29. The number of hydrogen-bond donors (Lipinski definition) is 1. The van der Waals surface area contributed by atoms with Gasteiger partial charge >= 0.3 is 0 Å². The first-order chi connectivity index (χ1) is 7.30. The molecule has 1 atom stereocenters. The van der Waals surface area contributed by atoms with Gasteiger partial charge in [0, 0.05) is 6.42 Å². The van der Waals surface area contributed by atoms with E-state index in [-0.39, 0.29) is 11.8 Å². The minimum absolute atomic E-state index is 0.235. The van der Waals surface area contributed by atoms with Crippen LogP contribution in [0.1, 0.15) is 57.8 Å². The van der Waals surface area contributed by atoms with E-state index >= 15 is 0 Å². The van der Waals surface area contributed by atoms with Crippen molar-refractivity contribution < 1.29 is 4.79 Å². The zero-order valence-corrected chi connectivity index (χ0v) is 9.58. The lowest BCUT2D eigenvalue weighted by atomic mass is 10.0. The number of carbonyl (C=O) groups is 1. The van der Waals surface area contributed by atoms with Gasteiger partial charge in [0.05, 0.1) is 6.04 Å². The fourth-order valence-electron chi connectivity index (χ4n) is 1.95. The Labute approximate surface area is 92.9 Å². The first kappa shape index (κ1) is 12.4. The molecule has 2 N–H and O–H groups in total. The van der Waals surface area contributed by atoms with Gasteiger partial charge in [0.2, 0.25) is 0 Å². The third-order valence-electron chi connectivity index (χ3n) is 3.01. The van der Waals surface area contributed by atoms with E-state index in [9.17, 15) is 4.79 Å². The van der Waals surface area contributed by atoms with E-state index in [1.165, 1.54) is 32.1 Å². The molecule has 0 saturated carbocycles. The van der Waals surface area contributed by atoms with Crippen molar-refractivity contribution in [1.82, 2.24) is 0 Å². The molecule has 0 spiro atoms. The third kappa shape index (κ3) is 5.73. The molecule has 1 unspecified atom stereocenters. The molecule has 86 valence electrons. The molecule has 0 fully saturated rings. The van der Waals surface area contributed by atoms with Crippen molar-refractivity contribution in [1.29, 1.82) is 0 Å². The van der Waals surface area contributed by atoms with Gasteiger partial charge in [0.15, 0.2) is 0 Å². The van der Waals surface area contributed by atoms with Crippen LogP contribution >= 0.6 is 0 Å². The Balaban J connectivity index is 2.36. The summed E-state index contributed by atoms with van der Waals surface area (Å²) in [6.07, 6.45) is 14.2. The Morgan fingerprint density at radius 3 is 2.47 bits per heavy atom. The van der Waals surface area contributed by atoms with Gasteiger partial charge in [0.25, 0.3) is 0 Å². The second-order valence-corrected chi connectivity index (χ2v) is 4.44. The van der Waals surface area contributed by atoms with Crippen LogP contribution in [0.5, 0.6) is 0 Å². The minimum Gasteiger partial charge on any atom is -0.321 e. The first-order valence-corrected chi connectivity index (χ1v) is 6.24. The smallest absolute Gasteiger partial charge is 0.149 e. The van der Waals surface area contributed by atoms with Crippen molar-refractivity contribution >= 4 is 5.78 Å². The van der Waals surface area contributed by atoms with Crippen molar-refractivity contribution in [2.24, 2.45) is 5.73 Å². The van der Waals surface area contributed by atoms with Gasteiger partial charge in [-0.2, -0.15) is 0 Å². The SMILES string of the molecule is NC1CC=CCCCCCCCCC1=O. The Bertz CT molecular complexity index is 211. The van der Waals surface area contributed by atoms with Crippen molar-refractivity contribution in [3.63, 3.8) is 0 Å². The van der Waals surface area contributed by atoms with Gasteiger partial charge < -0.3 is 5.73 Å². The molecule has 0 amide bonds. The number of allylic oxidation sites excluding steroid dienone is 1. The summed E-state index contributed by atoms with van der Waals surface area (Å²) in [7, 11) is 0. The van der Waals surface area contributed by atoms with E-state index in [1.807, 2.05) is 0 Å². The quantitative estimate of drug-likeness (QED) is 0.623. The topological polar surface area (TPSA) is 43.1 Å². The second-order valence-electron chi connectivity index (χ2n) is 4.44. The van der Waals surface area contributed by atoms with Gasteiger partial charge in [-0.05, 0) is 25.7 Å². The monoisotopic (exact) mass is 209 g/mol. The van der Waals surface area contributed by atoms with Crippen LogP contribution in [0.15, 0.2) is 12.2 Å². The molecule has 15 heavy (non-hydrogen) atoms. The number of carbonyl (C=O) groups excluding carboxylic acids is 1. The maximum Gasteiger partial charge on any atom is 0.149 e. The van der Waals surface area contributed by atoms with Crippen LogP contribution in [0.4, 0.5) is 0 Å². The standard InChI is InChI=1S/C13H23NO/c14-12-10-8-6-4-2-1-3-5-7-9-11-13(12)15/h6,8,12H,1-5,7,9-11,14H2. The lowest BCUT2D eigenvalue weighted by molar-refractivity contribution is -0.120. The zero-order chi connectivity index (χ0) is 10.9. The average Bonchev–Trinajstić information content (AvgIpc) is 2.25. The molecule has 0 aromatic rings. The highest BCUT2D eigenvalue weighted by Gasteiger charge is 2.10. The highest BCUT2D eigenvalue weighted by molar-refractivity contribution is 5.83. The van der Waals surface area contributed by atoms with Crippen molar-refractivity contribution in [2.75, 3.05) is 0 Å². The predicted octanol–water partition coefficient (Wildman–Crippen LogP) is 2.96. The summed E-state index contributed by atoms with van der Waals surface area (Å²) in [4.78, 5) is 11.6. The normalized spacial score (nSPS) is 26.5. The highest BCUT2D eigenvalue weighted by Crippen LogP contribution is 2.11. The summed E-state index contributed by atoms with van der Waals surface area (Å²) in [5, 5.41) is 0. The third-order valence-corrected chi connectivity index (χ3v) is 3.01. The number of ketones is 1. The van der Waals surface area contributed by atoms with E-state index in [0.717, 1.165) is 19.3 Å². The first-order valence-electron chi connectivity index (χ1n) is 6.24. The fourth-order valence-corrected chi connectivity index (χ4v) is 1.95. The van der Waals surface area contributed by atoms with Gasteiger partial charge in [-0.1, -0.05) is 37.8 Å². The van der Waals surface area contributed by atoms with Crippen molar-refractivity contribution in [3.05, 3.63) is 12.2 Å². The Hall–Kier alpha value is -0.630. The van der Waals surface area contributed by atoms with Crippen LogP contribution < -0.4 is 5.73 Å². The summed E-state index contributed by atoms with van der Waals surface area (Å²) in [6.45, 7) is 0. The lowest BCUT2D eigenvalue weighted by Gasteiger charge is -2.07. The van der Waals surface area contributed by atoms with Crippen LogP contribution in [-0.2, 0) is 4.79 Å². The summed E-state index contributed by atoms with van der Waals surface area (Å²) in [6, 6.07) is -0.262. The fraction of sp³-hybridized carbons (Fsp3) is 0.769. The number of rotatable bonds is 0.